The molecule has 9 nitrogen and oxygen atoms in total. The van der Waals surface area contributed by atoms with Crippen LogP contribution < -0.4 is 10.1 Å². The van der Waals surface area contributed by atoms with E-state index in [4.69, 9.17) is 32.4 Å². The summed E-state index contributed by atoms with van der Waals surface area (Å²) in [6, 6.07) is 5.03. The lowest BCUT2D eigenvalue weighted by Crippen LogP contribution is -2.58. The highest BCUT2D eigenvalue weighted by Gasteiger charge is 2.44. The van der Waals surface area contributed by atoms with Gasteiger partial charge < -0.3 is 24.4 Å². The Morgan fingerprint density at radius 2 is 2.03 bits per heavy atom. The molecule has 2 aliphatic rings. The highest BCUT2D eigenvalue weighted by atomic mass is 35.5. The zero-order valence-corrected chi connectivity index (χ0v) is 19.5. The molecule has 10 heteroatoms. The maximum absolute atomic E-state index is 12.4. The number of nitrogens with one attached hydrogen (secondary N) is 1. The van der Waals surface area contributed by atoms with E-state index in [1.54, 1.807) is 23.1 Å². The first-order valence-electron chi connectivity index (χ1n) is 10.8. The molecule has 0 radical (unpaired) electrons. The maximum Gasteiger partial charge on any atom is 0.410 e. The van der Waals surface area contributed by atoms with Crippen LogP contribution in [0, 0.1) is 25.3 Å². The molecule has 0 aliphatic carbocycles. The van der Waals surface area contributed by atoms with E-state index in [0.29, 0.717) is 54.4 Å². The Kier molecular flexibility index (Phi) is 6.86. The number of halogens is 1. The van der Waals surface area contributed by atoms with Crippen molar-refractivity contribution in [2.24, 2.45) is 11.8 Å². The first-order valence-corrected chi connectivity index (χ1v) is 11.2. The van der Waals surface area contributed by atoms with Gasteiger partial charge in [-0.25, -0.2) is 19.6 Å². The number of benzene rings is 1. The summed E-state index contributed by atoms with van der Waals surface area (Å²) in [6.45, 7) is 14.7. The molecule has 2 aromatic rings. The Labute approximate surface area is 197 Å². The summed E-state index contributed by atoms with van der Waals surface area (Å²) in [5.74, 6) is 1.07. The SMILES string of the molecule is [C-]#[N+]c1ccc(Nc2ncnc(OC3C4COCC3CN(C(=O)OC(C)C)C4)c2C)c(Cl)c1. The summed E-state index contributed by atoms with van der Waals surface area (Å²) in [6.07, 6.45) is 0.840. The molecular formula is C23H26ClN5O4. The monoisotopic (exact) mass is 471 g/mol. The highest BCUT2D eigenvalue weighted by molar-refractivity contribution is 6.33. The Morgan fingerprint density at radius 1 is 1.30 bits per heavy atom. The number of piperidine rings is 1. The Hall–Kier alpha value is -3.09. The van der Waals surface area contributed by atoms with E-state index in [1.165, 1.54) is 6.33 Å². The topological polar surface area (TPSA) is 90.2 Å². The van der Waals surface area contributed by atoms with Gasteiger partial charge in [-0.1, -0.05) is 17.7 Å². The van der Waals surface area contributed by atoms with Gasteiger partial charge in [0.2, 0.25) is 5.88 Å². The second-order valence-corrected chi connectivity index (χ2v) is 8.94. The maximum atomic E-state index is 12.4. The Bertz CT molecular complexity index is 1060. The molecule has 1 amide bonds. The molecule has 174 valence electrons. The number of nitrogens with zero attached hydrogens (tertiary/aromatic N) is 4. The molecule has 2 bridgehead atoms. The van der Waals surface area contributed by atoms with E-state index >= 15 is 0 Å². The number of rotatable bonds is 5. The van der Waals surface area contributed by atoms with Crippen molar-refractivity contribution in [3.05, 3.63) is 46.5 Å². The molecule has 0 saturated carbocycles. The number of hydrogen-bond donors (Lipinski definition) is 1. The lowest BCUT2D eigenvalue weighted by Gasteiger charge is -2.46. The van der Waals surface area contributed by atoms with Gasteiger partial charge in [0.15, 0.2) is 5.69 Å². The van der Waals surface area contributed by atoms with Crippen LogP contribution in [-0.2, 0) is 9.47 Å². The van der Waals surface area contributed by atoms with Crippen LogP contribution in [0.5, 0.6) is 5.88 Å². The standard InChI is InChI=1S/C23H26ClN5O4/c1-13(2)32-23(30)29-8-15-10-31-11-16(9-29)20(15)33-22-14(3)21(26-12-27-22)28-19-6-5-17(25-4)7-18(19)24/h5-7,12-13,15-16,20H,8-11H2,1-3H3,(H,26,27,28). The van der Waals surface area contributed by atoms with Crippen molar-refractivity contribution >= 4 is 34.9 Å². The lowest BCUT2D eigenvalue weighted by atomic mass is 9.84. The molecule has 2 aliphatic heterocycles. The summed E-state index contributed by atoms with van der Waals surface area (Å²) in [5, 5.41) is 3.63. The second-order valence-electron chi connectivity index (χ2n) is 8.53. The van der Waals surface area contributed by atoms with Crippen molar-refractivity contribution < 1.29 is 19.0 Å². The van der Waals surface area contributed by atoms with Crippen LogP contribution in [0.4, 0.5) is 22.0 Å². The number of carbonyl (C=O) groups excluding carboxylic acids is 1. The average molecular weight is 472 g/mol. The van der Waals surface area contributed by atoms with Gasteiger partial charge in [0.05, 0.1) is 42.2 Å². The van der Waals surface area contributed by atoms with Gasteiger partial charge in [-0.05, 0) is 32.9 Å². The van der Waals surface area contributed by atoms with E-state index in [9.17, 15) is 4.79 Å². The largest absolute Gasteiger partial charge is 0.473 e. The smallest absolute Gasteiger partial charge is 0.410 e. The molecule has 0 spiro atoms. The minimum atomic E-state index is -0.300. The van der Waals surface area contributed by atoms with Crippen LogP contribution in [0.25, 0.3) is 4.85 Å². The molecule has 3 heterocycles. The number of likely N-dealkylation sites (tertiary alicyclic amines) is 1. The highest BCUT2D eigenvalue weighted by Crippen LogP contribution is 2.35. The minimum Gasteiger partial charge on any atom is -0.473 e. The van der Waals surface area contributed by atoms with Crippen LogP contribution in [0.3, 0.4) is 0 Å². The van der Waals surface area contributed by atoms with Crippen molar-refractivity contribution in [3.63, 3.8) is 0 Å². The Morgan fingerprint density at radius 3 is 2.67 bits per heavy atom. The first-order chi connectivity index (χ1) is 15.9. The summed E-state index contributed by atoms with van der Waals surface area (Å²) >= 11 is 6.30. The van der Waals surface area contributed by atoms with Crippen molar-refractivity contribution in [1.29, 1.82) is 0 Å². The molecule has 2 fully saturated rings. The zero-order valence-electron chi connectivity index (χ0n) is 18.7. The molecule has 1 aromatic carbocycles. The molecule has 33 heavy (non-hydrogen) atoms. The van der Waals surface area contributed by atoms with Crippen LogP contribution in [-0.4, -0.2) is 59.5 Å². The third kappa shape index (κ3) is 5.13. The van der Waals surface area contributed by atoms with Gasteiger partial charge in [0, 0.05) is 24.9 Å². The van der Waals surface area contributed by atoms with Gasteiger partial charge >= 0.3 is 6.09 Å². The summed E-state index contributed by atoms with van der Waals surface area (Å²) in [4.78, 5) is 26.2. The molecule has 2 saturated heterocycles. The first kappa shape index (κ1) is 23.1. The fourth-order valence-corrected chi connectivity index (χ4v) is 4.35. The molecule has 2 atom stereocenters. The van der Waals surface area contributed by atoms with Crippen LogP contribution in [0.15, 0.2) is 24.5 Å². The number of amides is 1. The number of hydrogen-bond acceptors (Lipinski definition) is 7. The van der Waals surface area contributed by atoms with Crippen LogP contribution in [0.1, 0.15) is 19.4 Å². The van der Waals surface area contributed by atoms with E-state index in [1.807, 2.05) is 20.8 Å². The van der Waals surface area contributed by atoms with Crippen molar-refractivity contribution in [1.82, 2.24) is 14.9 Å². The second kappa shape index (κ2) is 9.81. The van der Waals surface area contributed by atoms with E-state index in [-0.39, 0.29) is 30.1 Å². The number of anilines is 2. The van der Waals surface area contributed by atoms with E-state index < -0.39 is 0 Å². The molecule has 1 N–H and O–H groups in total. The van der Waals surface area contributed by atoms with E-state index in [2.05, 4.69) is 20.1 Å². The molecule has 1 aromatic heterocycles. The Balaban J connectivity index is 1.49. The number of carbonyl (C=O) groups is 1. The molecule has 4 rings (SSSR count). The fourth-order valence-electron chi connectivity index (χ4n) is 4.13. The van der Waals surface area contributed by atoms with Crippen molar-refractivity contribution in [2.75, 3.05) is 31.6 Å². The summed E-state index contributed by atoms with van der Waals surface area (Å²) in [5.41, 5.74) is 1.84. The third-order valence-electron chi connectivity index (χ3n) is 5.72. The predicted octanol–water partition coefficient (Wildman–Crippen LogP) is 4.60. The predicted molar refractivity (Wildman–Crippen MR) is 123 cm³/mol. The quantitative estimate of drug-likeness (QED) is 0.637. The third-order valence-corrected chi connectivity index (χ3v) is 6.03. The molecule has 2 unspecified atom stereocenters. The number of ether oxygens (including phenoxy) is 3. The van der Waals surface area contributed by atoms with Gasteiger partial charge in [-0.15, -0.1) is 0 Å². The van der Waals surface area contributed by atoms with Gasteiger partial charge in [-0.3, -0.25) is 0 Å². The minimum absolute atomic E-state index is 0.0126. The summed E-state index contributed by atoms with van der Waals surface area (Å²) in [7, 11) is 0. The number of aromatic nitrogens is 2. The average Bonchev–Trinajstić information content (AvgIpc) is 2.76. The van der Waals surface area contributed by atoms with Gasteiger partial charge in [0.1, 0.15) is 18.2 Å². The fraction of sp³-hybridized carbons (Fsp3) is 0.478. The zero-order chi connectivity index (χ0) is 23.5. The van der Waals surface area contributed by atoms with Gasteiger partial charge in [-0.2, -0.15) is 0 Å². The van der Waals surface area contributed by atoms with Crippen LogP contribution in [0.2, 0.25) is 5.02 Å². The van der Waals surface area contributed by atoms with Crippen molar-refractivity contribution in [3.8, 4) is 5.88 Å². The summed E-state index contributed by atoms with van der Waals surface area (Å²) < 4.78 is 17.5. The molecular weight excluding hydrogens is 446 g/mol. The van der Waals surface area contributed by atoms with Crippen LogP contribution >= 0.6 is 11.6 Å². The van der Waals surface area contributed by atoms with Crippen molar-refractivity contribution in [2.45, 2.75) is 33.0 Å². The normalized spacial score (nSPS) is 21.9. The lowest BCUT2D eigenvalue weighted by molar-refractivity contribution is -0.111. The number of fused-ring (bicyclic) bond motifs is 2. The van der Waals surface area contributed by atoms with E-state index in [0.717, 1.165) is 5.56 Å². The van der Waals surface area contributed by atoms with Gasteiger partial charge in [0.25, 0.3) is 0 Å².